The third-order valence-electron chi connectivity index (χ3n) is 2.14. The maximum atomic E-state index is 11.5. The number of nitrogens with zero attached hydrogens (tertiary/aromatic N) is 2. The van der Waals surface area contributed by atoms with Gasteiger partial charge in [-0.15, -0.1) is 0 Å². The quantitative estimate of drug-likeness (QED) is 0.737. The van der Waals surface area contributed by atoms with E-state index < -0.39 is 0 Å². The summed E-state index contributed by atoms with van der Waals surface area (Å²) in [4.78, 5) is 19.6. The highest BCUT2D eigenvalue weighted by atomic mass is 16.4. The molecule has 0 saturated heterocycles. The minimum atomic E-state index is -0.0651. The van der Waals surface area contributed by atoms with Gasteiger partial charge in [-0.2, -0.15) is 0 Å². The molecular weight excluding hydrogens is 204 g/mol. The predicted molar refractivity (Wildman–Crippen MR) is 59.0 cm³/mol. The van der Waals surface area contributed by atoms with Gasteiger partial charge in [0.05, 0.1) is 6.20 Å². The number of carbonyl (C=O) groups is 1. The van der Waals surface area contributed by atoms with Crippen molar-refractivity contribution >= 4 is 5.78 Å². The summed E-state index contributed by atoms with van der Waals surface area (Å²) < 4.78 is 5.36. The molecule has 0 fully saturated rings. The van der Waals surface area contributed by atoms with Crippen LogP contribution in [0.4, 0.5) is 0 Å². The van der Waals surface area contributed by atoms with Crippen molar-refractivity contribution in [3.8, 4) is 11.5 Å². The van der Waals surface area contributed by atoms with Crippen LogP contribution >= 0.6 is 0 Å². The Hall–Kier alpha value is -1.97. The fourth-order valence-electron chi connectivity index (χ4n) is 1.36. The Morgan fingerprint density at radius 2 is 2.25 bits per heavy atom. The van der Waals surface area contributed by atoms with Gasteiger partial charge >= 0.3 is 0 Å². The first-order valence-electron chi connectivity index (χ1n) is 5.21. The van der Waals surface area contributed by atoms with Gasteiger partial charge in [0.25, 0.3) is 5.89 Å². The fourth-order valence-corrected chi connectivity index (χ4v) is 1.36. The average Bonchev–Trinajstić information content (AvgIpc) is 2.80. The van der Waals surface area contributed by atoms with Crippen LogP contribution in [0.15, 0.2) is 35.0 Å². The second kappa shape index (κ2) is 4.70. The molecule has 2 aromatic rings. The van der Waals surface area contributed by atoms with E-state index in [1.54, 1.807) is 6.20 Å². The third kappa shape index (κ3) is 2.16. The normalized spacial score (nSPS) is 10.3. The van der Waals surface area contributed by atoms with Gasteiger partial charge in [0.2, 0.25) is 5.78 Å². The average molecular weight is 216 g/mol. The highest BCUT2D eigenvalue weighted by Crippen LogP contribution is 2.18. The number of oxazole rings is 1. The first kappa shape index (κ1) is 10.5. The van der Waals surface area contributed by atoms with Gasteiger partial charge in [-0.3, -0.25) is 9.78 Å². The number of hydrogen-bond donors (Lipinski definition) is 0. The Morgan fingerprint density at radius 3 is 2.94 bits per heavy atom. The zero-order chi connectivity index (χ0) is 11.4. The summed E-state index contributed by atoms with van der Waals surface area (Å²) in [6.07, 6.45) is 4.46. The monoisotopic (exact) mass is 216 g/mol. The van der Waals surface area contributed by atoms with Crippen LogP contribution in [-0.2, 0) is 0 Å². The summed E-state index contributed by atoms with van der Waals surface area (Å²) in [7, 11) is 0. The van der Waals surface area contributed by atoms with Crippen molar-refractivity contribution in [1.29, 1.82) is 0 Å². The smallest absolute Gasteiger partial charge is 0.263 e. The molecule has 0 N–H and O–H groups in total. The highest BCUT2D eigenvalue weighted by molar-refractivity contribution is 5.91. The van der Waals surface area contributed by atoms with Crippen molar-refractivity contribution in [2.75, 3.05) is 0 Å². The first-order chi connectivity index (χ1) is 7.81. The zero-order valence-corrected chi connectivity index (χ0v) is 9.01. The minimum Gasteiger partial charge on any atom is -0.432 e. The number of Topliss-reactive ketones (excluding diaryl/α,β-unsaturated/α-hetero) is 1. The van der Waals surface area contributed by atoms with E-state index in [2.05, 4.69) is 9.97 Å². The van der Waals surface area contributed by atoms with Crippen molar-refractivity contribution in [2.24, 2.45) is 0 Å². The van der Waals surface area contributed by atoms with E-state index in [0.29, 0.717) is 17.9 Å². The van der Waals surface area contributed by atoms with Crippen LogP contribution in [-0.4, -0.2) is 15.8 Å². The fraction of sp³-hybridized carbons (Fsp3) is 0.250. The van der Waals surface area contributed by atoms with Gasteiger partial charge in [-0.05, 0) is 18.6 Å². The maximum Gasteiger partial charge on any atom is 0.263 e. The topological polar surface area (TPSA) is 56.0 Å². The van der Waals surface area contributed by atoms with Crippen molar-refractivity contribution in [3.05, 3.63) is 36.5 Å². The van der Waals surface area contributed by atoms with Gasteiger partial charge in [0.15, 0.2) is 5.76 Å². The van der Waals surface area contributed by atoms with Crippen molar-refractivity contribution in [2.45, 2.75) is 19.8 Å². The molecule has 0 aromatic carbocycles. The van der Waals surface area contributed by atoms with Crippen LogP contribution in [0.5, 0.6) is 0 Å². The van der Waals surface area contributed by atoms with Gasteiger partial charge in [0.1, 0.15) is 5.69 Å². The second-order valence-electron chi connectivity index (χ2n) is 3.42. The maximum absolute atomic E-state index is 11.5. The van der Waals surface area contributed by atoms with Crippen LogP contribution in [0.2, 0.25) is 0 Å². The molecule has 0 aliphatic rings. The van der Waals surface area contributed by atoms with Crippen molar-refractivity contribution in [1.82, 2.24) is 9.97 Å². The van der Waals surface area contributed by atoms with Crippen LogP contribution in [0.3, 0.4) is 0 Å². The lowest BCUT2D eigenvalue weighted by molar-refractivity contribution is 0.0949. The Kier molecular flexibility index (Phi) is 3.10. The van der Waals surface area contributed by atoms with Crippen LogP contribution in [0.25, 0.3) is 11.5 Å². The molecule has 0 radical (unpaired) electrons. The van der Waals surface area contributed by atoms with E-state index in [0.717, 1.165) is 6.42 Å². The van der Waals surface area contributed by atoms with Gasteiger partial charge in [-0.1, -0.05) is 13.0 Å². The van der Waals surface area contributed by atoms with Crippen molar-refractivity contribution < 1.29 is 9.21 Å². The molecule has 0 unspecified atom stereocenters. The minimum absolute atomic E-state index is 0.0651. The number of rotatable bonds is 4. The second-order valence-corrected chi connectivity index (χ2v) is 3.42. The SMILES string of the molecule is CCCC(=O)c1ncc(-c2ccccn2)o1. The molecule has 82 valence electrons. The summed E-state index contributed by atoms with van der Waals surface area (Å²) in [6, 6.07) is 5.50. The highest BCUT2D eigenvalue weighted by Gasteiger charge is 2.13. The first-order valence-corrected chi connectivity index (χ1v) is 5.21. The molecule has 0 spiro atoms. The molecule has 0 atom stereocenters. The summed E-state index contributed by atoms with van der Waals surface area (Å²) >= 11 is 0. The number of aromatic nitrogens is 2. The molecule has 16 heavy (non-hydrogen) atoms. The van der Waals surface area contributed by atoms with E-state index >= 15 is 0 Å². The van der Waals surface area contributed by atoms with Crippen molar-refractivity contribution in [3.63, 3.8) is 0 Å². The number of ketones is 1. The Morgan fingerprint density at radius 1 is 1.38 bits per heavy atom. The number of carbonyl (C=O) groups excluding carboxylic acids is 1. The molecule has 2 rings (SSSR count). The van der Waals surface area contributed by atoms with E-state index in [1.807, 2.05) is 25.1 Å². The third-order valence-corrected chi connectivity index (χ3v) is 2.14. The Balaban J connectivity index is 2.23. The Bertz CT molecular complexity index is 477. The van der Waals surface area contributed by atoms with E-state index in [-0.39, 0.29) is 11.7 Å². The molecule has 0 aliphatic heterocycles. The summed E-state index contributed by atoms with van der Waals surface area (Å²) in [5.74, 6) is 0.632. The molecule has 4 nitrogen and oxygen atoms in total. The van der Waals surface area contributed by atoms with E-state index in [1.165, 1.54) is 6.20 Å². The standard InChI is InChI=1S/C12H12N2O2/c1-2-5-10(15)12-14-8-11(16-12)9-6-3-4-7-13-9/h3-4,6-8H,2,5H2,1H3. The van der Waals surface area contributed by atoms with Crippen LogP contribution in [0.1, 0.15) is 30.5 Å². The number of pyridine rings is 1. The Labute approximate surface area is 93.3 Å². The molecule has 2 aromatic heterocycles. The van der Waals surface area contributed by atoms with Gasteiger partial charge in [-0.25, -0.2) is 4.98 Å². The molecule has 4 heteroatoms. The van der Waals surface area contributed by atoms with Crippen LogP contribution in [0, 0.1) is 0 Å². The summed E-state index contributed by atoms with van der Waals surface area (Å²) in [6.45, 7) is 1.94. The summed E-state index contributed by atoms with van der Waals surface area (Å²) in [5.41, 5.74) is 0.686. The van der Waals surface area contributed by atoms with E-state index in [4.69, 9.17) is 4.42 Å². The molecule has 0 aliphatic carbocycles. The lowest BCUT2D eigenvalue weighted by Crippen LogP contribution is -1.97. The van der Waals surface area contributed by atoms with Gasteiger partial charge in [0, 0.05) is 12.6 Å². The molecule has 0 amide bonds. The molecule has 0 bridgehead atoms. The predicted octanol–water partition coefficient (Wildman–Crippen LogP) is 2.72. The van der Waals surface area contributed by atoms with Crippen LogP contribution < -0.4 is 0 Å². The molecule has 0 saturated carbocycles. The lowest BCUT2D eigenvalue weighted by Gasteiger charge is -1.93. The molecular formula is C12H12N2O2. The number of hydrogen-bond acceptors (Lipinski definition) is 4. The lowest BCUT2D eigenvalue weighted by atomic mass is 10.2. The summed E-state index contributed by atoms with van der Waals surface area (Å²) in [5, 5.41) is 0. The largest absolute Gasteiger partial charge is 0.432 e. The van der Waals surface area contributed by atoms with Gasteiger partial charge < -0.3 is 4.42 Å². The zero-order valence-electron chi connectivity index (χ0n) is 9.01. The molecule has 2 heterocycles. The van der Waals surface area contributed by atoms with E-state index in [9.17, 15) is 4.79 Å².